The molecule has 5 heterocycles. The van der Waals surface area contributed by atoms with Crippen LogP contribution < -0.4 is 41.4 Å². The molecule has 3 aromatic rings. The van der Waals surface area contributed by atoms with Crippen molar-refractivity contribution in [2.24, 2.45) is 0 Å². The highest BCUT2D eigenvalue weighted by atomic mass is 19.1. The van der Waals surface area contributed by atoms with Gasteiger partial charge in [-0.3, -0.25) is 24.6 Å². The number of anilines is 2. The number of allylic oxidation sites excluding steroid dienone is 1. The molecule has 2 saturated heterocycles. The number of fused-ring (bicyclic) bond motifs is 5. The van der Waals surface area contributed by atoms with Crippen LogP contribution in [0.4, 0.5) is 21.5 Å². The SMILES string of the molecule is O=C(NCCN1CCCC1)c1cn2c3c(c1=O)=CC(F)=C(NCCCN1CCOCC1)C(C=3)Oc1cc3c(cc1-2)Oc1cc([N+](=O)[O-])ccc1N3. The molecule has 2 aromatic carbocycles. The summed E-state index contributed by atoms with van der Waals surface area (Å²) in [6, 6.07) is 7.66. The van der Waals surface area contributed by atoms with E-state index in [1.54, 1.807) is 28.8 Å². The van der Waals surface area contributed by atoms with E-state index in [2.05, 4.69) is 25.8 Å². The third kappa shape index (κ3) is 6.55. The van der Waals surface area contributed by atoms with E-state index in [-0.39, 0.29) is 27.9 Å². The lowest BCUT2D eigenvalue weighted by Crippen LogP contribution is -2.48. The summed E-state index contributed by atoms with van der Waals surface area (Å²) >= 11 is 0. The summed E-state index contributed by atoms with van der Waals surface area (Å²) in [5.41, 5.74) is 0.783. The van der Waals surface area contributed by atoms with E-state index in [0.29, 0.717) is 66.8 Å². The number of aromatic nitrogens is 1. The second-order valence-corrected chi connectivity index (χ2v) is 13.2. The highest BCUT2D eigenvalue weighted by molar-refractivity contribution is 5.94. The van der Waals surface area contributed by atoms with Crippen molar-refractivity contribution >= 4 is 35.1 Å². The fraction of sp³-hybridized carbons (Fsp3) is 0.389. The number of amides is 1. The molecular weight excluding hydrogens is 661 g/mol. The van der Waals surface area contributed by atoms with Crippen LogP contribution in [0.25, 0.3) is 17.8 Å². The van der Waals surface area contributed by atoms with Gasteiger partial charge in [0.05, 0.1) is 52.3 Å². The second-order valence-electron chi connectivity index (χ2n) is 13.2. The van der Waals surface area contributed by atoms with Crippen molar-refractivity contribution < 1.29 is 28.3 Å². The van der Waals surface area contributed by atoms with Gasteiger partial charge in [0.1, 0.15) is 17.1 Å². The smallest absolute Gasteiger partial charge is 0.273 e. The molecule has 1 amide bonds. The van der Waals surface area contributed by atoms with Gasteiger partial charge in [0.25, 0.3) is 11.6 Å². The van der Waals surface area contributed by atoms with Gasteiger partial charge in [-0.2, -0.15) is 0 Å². The lowest BCUT2D eigenvalue weighted by Gasteiger charge is -2.27. The maximum Gasteiger partial charge on any atom is 0.273 e. The maximum atomic E-state index is 16.3. The third-order valence-electron chi connectivity index (χ3n) is 9.87. The van der Waals surface area contributed by atoms with E-state index in [1.165, 1.54) is 24.4 Å². The van der Waals surface area contributed by atoms with Crippen LogP contribution >= 0.6 is 0 Å². The van der Waals surface area contributed by atoms with Crippen LogP contribution in [0, 0.1) is 10.1 Å². The van der Waals surface area contributed by atoms with Gasteiger partial charge in [-0.1, -0.05) is 0 Å². The Balaban J connectivity index is 1.17. The number of nitrogens with one attached hydrogen (secondary N) is 3. The Labute approximate surface area is 291 Å². The van der Waals surface area contributed by atoms with Crippen molar-refractivity contribution in [2.75, 3.05) is 70.9 Å². The van der Waals surface area contributed by atoms with Crippen LogP contribution in [-0.4, -0.2) is 96.9 Å². The minimum absolute atomic E-state index is 0.0176. The zero-order chi connectivity index (χ0) is 35.1. The summed E-state index contributed by atoms with van der Waals surface area (Å²) in [5.74, 6) is -0.273. The standard InChI is InChI=1S/C36H38FN7O7/c37-25-17-23-28-19-33(34(25)38-6-3-10-42-12-14-49-15-13-42)51-32-18-27-31(50-30-16-22(44(47)48)4-5-26(30)40-27)20-29(32)43(28)21-24(35(23)45)36(46)39-7-11-41-8-1-2-9-41/h4-5,16-21,33,38,40H,1-3,6-15H2,(H,39,46). The van der Waals surface area contributed by atoms with Crippen LogP contribution in [-0.2, 0) is 4.74 Å². The van der Waals surface area contributed by atoms with Gasteiger partial charge >= 0.3 is 0 Å². The van der Waals surface area contributed by atoms with E-state index in [9.17, 15) is 19.7 Å². The fourth-order valence-electron chi connectivity index (χ4n) is 7.17. The largest absolute Gasteiger partial charge is 0.478 e. The van der Waals surface area contributed by atoms with Gasteiger partial charge in [0.15, 0.2) is 17.6 Å². The third-order valence-corrected chi connectivity index (χ3v) is 9.87. The highest BCUT2D eigenvalue weighted by Gasteiger charge is 2.30. The number of hydrogen-bond acceptors (Lipinski definition) is 11. The first-order chi connectivity index (χ1) is 24.8. The first-order valence-electron chi connectivity index (χ1n) is 17.3. The number of benzene rings is 2. The average molecular weight is 700 g/mol. The molecule has 2 fully saturated rings. The molecule has 0 saturated carbocycles. The van der Waals surface area contributed by atoms with Gasteiger partial charge in [-0.25, -0.2) is 4.39 Å². The van der Waals surface area contributed by atoms with Crippen molar-refractivity contribution in [1.29, 1.82) is 0 Å². The zero-order valence-corrected chi connectivity index (χ0v) is 27.9. The molecule has 4 aliphatic heterocycles. The quantitative estimate of drug-likeness (QED) is 0.127. The number of halogens is 1. The van der Waals surface area contributed by atoms with Crippen molar-refractivity contribution in [2.45, 2.75) is 25.4 Å². The lowest BCUT2D eigenvalue weighted by molar-refractivity contribution is -0.384. The maximum absolute atomic E-state index is 16.3. The number of morpholine rings is 1. The summed E-state index contributed by atoms with van der Waals surface area (Å²) < 4.78 is 36.0. The lowest BCUT2D eigenvalue weighted by atomic mass is 10.1. The molecule has 2 bridgehead atoms. The molecule has 15 heteroatoms. The van der Waals surface area contributed by atoms with Gasteiger partial charge in [-0.05, 0) is 57.1 Å². The van der Waals surface area contributed by atoms with Crippen LogP contribution in [0.5, 0.6) is 17.2 Å². The molecule has 5 aliphatic rings. The molecule has 3 N–H and O–H groups in total. The minimum Gasteiger partial charge on any atom is -0.478 e. The molecule has 51 heavy (non-hydrogen) atoms. The Hall–Kier alpha value is -5.25. The topological polar surface area (TPSA) is 152 Å². The Morgan fingerprint density at radius 1 is 1.00 bits per heavy atom. The Morgan fingerprint density at radius 3 is 2.59 bits per heavy atom. The predicted octanol–water partition coefficient (Wildman–Crippen LogP) is 2.25. The van der Waals surface area contributed by atoms with Gasteiger partial charge in [0.2, 0.25) is 5.43 Å². The minimum atomic E-state index is -0.935. The number of likely N-dealkylation sites (tertiary alicyclic amines) is 1. The number of pyridine rings is 1. The molecule has 0 radical (unpaired) electrons. The number of rotatable bonds is 10. The van der Waals surface area contributed by atoms with Gasteiger partial charge < -0.3 is 39.6 Å². The molecule has 8 rings (SSSR count). The summed E-state index contributed by atoms with van der Waals surface area (Å²) in [6.45, 7) is 7.32. The summed E-state index contributed by atoms with van der Waals surface area (Å²) in [7, 11) is 0. The van der Waals surface area contributed by atoms with Gasteiger partial charge in [-0.15, -0.1) is 0 Å². The molecule has 0 spiro atoms. The zero-order valence-electron chi connectivity index (χ0n) is 27.9. The van der Waals surface area contributed by atoms with E-state index in [0.717, 1.165) is 52.0 Å². The van der Waals surface area contributed by atoms with Crippen LogP contribution in [0.2, 0.25) is 0 Å². The number of hydrogen-bond donors (Lipinski definition) is 3. The van der Waals surface area contributed by atoms with E-state index in [1.807, 2.05) is 0 Å². The van der Waals surface area contributed by atoms with Crippen LogP contribution in [0.1, 0.15) is 29.6 Å². The van der Waals surface area contributed by atoms with Crippen LogP contribution in [0.15, 0.2) is 52.8 Å². The first kappa shape index (κ1) is 32.9. The molecule has 1 aromatic heterocycles. The first-order valence-corrected chi connectivity index (χ1v) is 17.3. The van der Waals surface area contributed by atoms with Crippen molar-refractivity contribution in [3.63, 3.8) is 0 Å². The van der Waals surface area contributed by atoms with Crippen molar-refractivity contribution in [3.8, 4) is 22.9 Å². The summed E-state index contributed by atoms with van der Waals surface area (Å²) in [4.78, 5) is 43.1. The number of nitrogens with zero attached hydrogens (tertiary/aromatic N) is 4. The molecule has 1 unspecified atom stereocenters. The van der Waals surface area contributed by atoms with E-state index in [4.69, 9.17) is 14.2 Å². The summed E-state index contributed by atoms with van der Waals surface area (Å²) in [5, 5.41) is 21.2. The molecule has 1 atom stereocenters. The predicted molar refractivity (Wildman–Crippen MR) is 187 cm³/mol. The molecule has 266 valence electrons. The Bertz CT molecular complexity index is 2120. The van der Waals surface area contributed by atoms with Crippen molar-refractivity contribution in [1.82, 2.24) is 25.0 Å². The summed E-state index contributed by atoms with van der Waals surface area (Å²) in [6.07, 6.45) is 6.37. The number of ether oxygens (including phenoxy) is 3. The number of nitro benzene ring substituents is 1. The Morgan fingerprint density at radius 2 is 1.78 bits per heavy atom. The molecule has 14 nitrogen and oxygen atoms in total. The van der Waals surface area contributed by atoms with Gasteiger partial charge in [0, 0.05) is 62.3 Å². The molecular formula is C36H38FN7O7. The number of non-ortho nitro benzene ring substituents is 1. The number of carbonyl (C=O) groups excluding carboxylic acids is 1. The monoisotopic (exact) mass is 699 g/mol. The van der Waals surface area contributed by atoms with E-state index >= 15 is 4.39 Å². The van der Waals surface area contributed by atoms with Crippen molar-refractivity contribution in [3.05, 3.63) is 84.5 Å². The Kier molecular flexibility index (Phi) is 8.92. The average Bonchev–Trinajstić information content (AvgIpc) is 3.55. The number of carbonyl (C=O) groups is 1. The highest BCUT2D eigenvalue weighted by Crippen LogP contribution is 2.47. The number of nitro groups is 1. The fourth-order valence-corrected chi connectivity index (χ4v) is 7.17. The normalized spacial score (nSPS) is 19.0. The van der Waals surface area contributed by atoms with Crippen LogP contribution in [0.3, 0.4) is 0 Å². The van der Waals surface area contributed by atoms with E-state index < -0.39 is 28.2 Å². The molecule has 1 aliphatic carbocycles. The second kappa shape index (κ2) is 13.8.